The van der Waals surface area contributed by atoms with Crippen molar-refractivity contribution in [1.82, 2.24) is 5.48 Å². The van der Waals surface area contributed by atoms with Gasteiger partial charge in [-0.1, -0.05) is 6.07 Å². The molecular weight excluding hydrogens is 182 g/mol. The number of rotatable bonds is 5. The topological polar surface area (TPSA) is 50.7 Å². The van der Waals surface area contributed by atoms with Gasteiger partial charge in [0, 0.05) is 18.2 Å². The maximum Gasteiger partial charge on any atom is 0.123 e. The first kappa shape index (κ1) is 10.8. The third-order valence-corrected chi connectivity index (χ3v) is 1.80. The number of nitrogens with one attached hydrogen (secondary N) is 1. The van der Waals surface area contributed by atoms with Crippen molar-refractivity contribution >= 4 is 0 Å². The molecule has 0 saturated heterocycles. The van der Waals surface area contributed by atoms with Crippen LogP contribution in [0.25, 0.3) is 0 Å². The number of aromatic hydroxyl groups is 1. The van der Waals surface area contributed by atoms with Gasteiger partial charge in [-0.25, -0.2) is 0 Å². The maximum absolute atomic E-state index is 9.55. The molecule has 0 radical (unpaired) electrons. The van der Waals surface area contributed by atoms with Gasteiger partial charge in [-0.05, 0) is 13.0 Å². The van der Waals surface area contributed by atoms with E-state index in [1.165, 1.54) is 0 Å². The van der Waals surface area contributed by atoms with Crippen molar-refractivity contribution in [3.8, 4) is 11.5 Å². The third kappa shape index (κ3) is 2.90. The van der Waals surface area contributed by atoms with Crippen LogP contribution < -0.4 is 10.2 Å². The maximum atomic E-state index is 9.55. The molecule has 0 fully saturated rings. The average Bonchev–Trinajstić information content (AvgIpc) is 2.20. The van der Waals surface area contributed by atoms with Gasteiger partial charge in [-0.3, -0.25) is 0 Å². The lowest BCUT2D eigenvalue weighted by Crippen LogP contribution is -2.13. The van der Waals surface area contributed by atoms with E-state index in [9.17, 15) is 5.11 Å². The lowest BCUT2D eigenvalue weighted by molar-refractivity contribution is 0.0459. The summed E-state index contributed by atoms with van der Waals surface area (Å²) in [5.74, 6) is 0.846. The fraction of sp³-hybridized carbons (Fsp3) is 0.400. The minimum atomic E-state index is 0.205. The van der Waals surface area contributed by atoms with Crippen molar-refractivity contribution in [3.63, 3.8) is 0 Å². The van der Waals surface area contributed by atoms with Gasteiger partial charge in [0.2, 0.25) is 0 Å². The SMILES string of the molecule is CCONCc1ccc(OC)cc1O. The summed E-state index contributed by atoms with van der Waals surface area (Å²) in [6.07, 6.45) is 0. The molecule has 0 aliphatic rings. The monoisotopic (exact) mass is 197 g/mol. The van der Waals surface area contributed by atoms with Gasteiger partial charge in [0.15, 0.2) is 0 Å². The number of phenolic OH excluding ortho intramolecular Hbond substituents is 1. The van der Waals surface area contributed by atoms with Crippen molar-refractivity contribution in [3.05, 3.63) is 23.8 Å². The van der Waals surface area contributed by atoms with E-state index in [1.54, 1.807) is 25.3 Å². The normalized spacial score (nSPS) is 10.1. The van der Waals surface area contributed by atoms with Crippen LogP contribution >= 0.6 is 0 Å². The van der Waals surface area contributed by atoms with Gasteiger partial charge in [0.25, 0.3) is 0 Å². The van der Waals surface area contributed by atoms with Crippen LogP contribution in [0.4, 0.5) is 0 Å². The molecule has 0 aliphatic heterocycles. The summed E-state index contributed by atoms with van der Waals surface area (Å²) >= 11 is 0. The molecule has 2 N–H and O–H groups in total. The molecule has 1 aromatic rings. The summed E-state index contributed by atoms with van der Waals surface area (Å²) in [6, 6.07) is 5.16. The zero-order chi connectivity index (χ0) is 10.4. The molecule has 0 heterocycles. The Morgan fingerprint density at radius 1 is 1.43 bits per heavy atom. The zero-order valence-corrected chi connectivity index (χ0v) is 8.41. The summed E-state index contributed by atoms with van der Waals surface area (Å²) in [5, 5.41) is 9.55. The highest BCUT2D eigenvalue weighted by Crippen LogP contribution is 2.22. The number of methoxy groups -OCH3 is 1. The molecule has 0 aliphatic carbocycles. The van der Waals surface area contributed by atoms with Crippen LogP contribution in [0.2, 0.25) is 0 Å². The number of hydrogen-bond acceptors (Lipinski definition) is 4. The van der Waals surface area contributed by atoms with Crippen molar-refractivity contribution in [1.29, 1.82) is 0 Å². The Morgan fingerprint density at radius 3 is 2.79 bits per heavy atom. The molecular formula is C10H15NO3. The van der Waals surface area contributed by atoms with E-state index >= 15 is 0 Å². The van der Waals surface area contributed by atoms with Gasteiger partial charge >= 0.3 is 0 Å². The standard InChI is InChI=1S/C10H15NO3/c1-3-14-11-7-8-4-5-9(13-2)6-10(8)12/h4-6,11-12H,3,7H2,1-2H3. The summed E-state index contributed by atoms with van der Waals surface area (Å²) in [5.41, 5.74) is 3.51. The first-order valence-corrected chi connectivity index (χ1v) is 4.48. The first-order chi connectivity index (χ1) is 6.77. The molecule has 4 nitrogen and oxygen atoms in total. The van der Waals surface area contributed by atoms with Gasteiger partial charge in [-0.2, -0.15) is 5.48 Å². The quantitative estimate of drug-likeness (QED) is 0.554. The van der Waals surface area contributed by atoms with Crippen LogP contribution in [-0.2, 0) is 11.4 Å². The van der Waals surface area contributed by atoms with Gasteiger partial charge in [0.05, 0.1) is 13.7 Å². The van der Waals surface area contributed by atoms with Crippen LogP contribution in [0.3, 0.4) is 0 Å². The van der Waals surface area contributed by atoms with Crippen LogP contribution in [0.15, 0.2) is 18.2 Å². The smallest absolute Gasteiger partial charge is 0.123 e. The number of hydrogen-bond donors (Lipinski definition) is 2. The second kappa shape index (κ2) is 5.47. The lowest BCUT2D eigenvalue weighted by atomic mass is 10.2. The molecule has 1 rings (SSSR count). The Labute approximate surface area is 83.4 Å². The molecule has 0 amide bonds. The van der Waals surface area contributed by atoms with E-state index in [1.807, 2.05) is 6.92 Å². The number of ether oxygens (including phenoxy) is 1. The Balaban J connectivity index is 2.59. The van der Waals surface area contributed by atoms with E-state index in [0.29, 0.717) is 18.9 Å². The molecule has 1 aromatic carbocycles. The van der Waals surface area contributed by atoms with Crippen LogP contribution in [0, 0.1) is 0 Å². The third-order valence-electron chi connectivity index (χ3n) is 1.80. The van der Waals surface area contributed by atoms with Crippen LogP contribution in [0.5, 0.6) is 11.5 Å². The summed E-state index contributed by atoms with van der Waals surface area (Å²) in [4.78, 5) is 4.96. The van der Waals surface area contributed by atoms with Crippen molar-refractivity contribution in [2.45, 2.75) is 13.5 Å². The van der Waals surface area contributed by atoms with E-state index < -0.39 is 0 Å². The molecule has 0 spiro atoms. The Bertz CT molecular complexity index is 289. The summed E-state index contributed by atoms with van der Waals surface area (Å²) in [7, 11) is 1.56. The van der Waals surface area contributed by atoms with Crippen molar-refractivity contribution in [2.75, 3.05) is 13.7 Å². The van der Waals surface area contributed by atoms with E-state index in [2.05, 4.69) is 5.48 Å². The fourth-order valence-corrected chi connectivity index (χ4v) is 1.05. The molecule has 14 heavy (non-hydrogen) atoms. The largest absolute Gasteiger partial charge is 0.507 e. The molecule has 0 saturated carbocycles. The average molecular weight is 197 g/mol. The van der Waals surface area contributed by atoms with Crippen LogP contribution in [-0.4, -0.2) is 18.8 Å². The van der Waals surface area contributed by atoms with E-state index in [4.69, 9.17) is 9.57 Å². The Morgan fingerprint density at radius 2 is 2.21 bits per heavy atom. The minimum absolute atomic E-state index is 0.205. The zero-order valence-electron chi connectivity index (χ0n) is 8.41. The molecule has 78 valence electrons. The second-order valence-electron chi connectivity index (χ2n) is 2.75. The van der Waals surface area contributed by atoms with Crippen LogP contribution in [0.1, 0.15) is 12.5 Å². The number of benzene rings is 1. The van der Waals surface area contributed by atoms with E-state index in [0.717, 1.165) is 5.56 Å². The lowest BCUT2D eigenvalue weighted by Gasteiger charge is -2.07. The molecule has 0 bridgehead atoms. The predicted molar refractivity (Wildman–Crippen MR) is 53.1 cm³/mol. The highest BCUT2D eigenvalue weighted by molar-refractivity contribution is 5.39. The summed E-state index contributed by atoms with van der Waals surface area (Å²) < 4.78 is 4.96. The number of phenols is 1. The second-order valence-corrected chi connectivity index (χ2v) is 2.75. The van der Waals surface area contributed by atoms with Crippen molar-refractivity contribution < 1.29 is 14.7 Å². The Kier molecular flexibility index (Phi) is 4.22. The highest BCUT2D eigenvalue weighted by atomic mass is 16.6. The number of hydroxylamine groups is 1. The molecule has 0 aromatic heterocycles. The van der Waals surface area contributed by atoms with Gasteiger partial charge < -0.3 is 14.7 Å². The molecule has 0 unspecified atom stereocenters. The first-order valence-electron chi connectivity index (χ1n) is 4.48. The summed E-state index contributed by atoms with van der Waals surface area (Å²) in [6.45, 7) is 2.96. The minimum Gasteiger partial charge on any atom is -0.507 e. The Hall–Kier alpha value is -1.26. The van der Waals surface area contributed by atoms with E-state index in [-0.39, 0.29) is 5.75 Å². The fourth-order valence-electron chi connectivity index (χ4n) is 1.05. The van der Waals surface area contributed by atoms with Crippen molar-refractivity contribution in [2.24, 2.45) is 0 Å². The van der Waals surface area contributed by atoms with Gasteiger partial charge in [-0.15, -0.1) is 0 Å². The molecule has 4 heteroatoms. The molecule has 0 atom stereocenters. The van der Waals surface area contributed by atoms with Gasteiger partial charge in [0.1, 0.15) is 11.5 Å². The predicted octanol–water partition coefficient (Wildman–Crippen LogP) is 1.44. The highest BCUT2D eigenvalue weighted by Gasteiger charge is 2.02.